The SMILES string of the molecule is O=C(O)CCCCCCCCCCCCCCCNS(=O)(=O)C12CC(C1)C2. The first-order valence-corrected chi connectivity index (χ1v) is 12.6. The van der Waals surface area contributed by atoms with Crippen LogP contribution in [0.1, 0.15) is 109 Å². The summed E-state index contributed by atoms with van der Waals surface area (Å²) in [4.78, 5) is 10.4. The molecular weight excluding hydrogens is 362 g/mol. The lowest BCUT2D eigenvalue weighted by atomic mass is 9.55. The molecule has 5 nitrogen and oxygen atoms in total. The molecule has 0 heterocycles. The molecule has 0 unspecified atom stereocenters. The standard InChI is InChI=1S/C21H39NO4S/c23-20(24)14-12-10-8-6-4-2-1-3-5-7-9-11-13-15-22-27(25,26)21-16-19(17-21)18-21/h19,22H,1-18H2,(H,23,24). The maximum absolute atomic E-state index is 12.2. The normalized spacial score (nSPS) is 23.6. The van der Waals surface area contributed by atoms with E-state index >= 15 is 0 Å². The molecule has 0 aromatic heterocycles. The van der Waals surface area contributed by atoms with Crippen molar-refractivity contribution < 1.29 is 18.3 Å². The number of carboxylic acid groups (broad SMARTS) is 1. The van der Waals surface area contributed by atoms with Gasteiger partial charge in [0.2, 0.25) is 10.0 Å². The van der Waals surface area contributed by atoms with Crippen LogP contribution in [0, 0.1) is 5.92 Å². The van der Waals surface area contributed by atoms with Crippen molar-refractivity contribution in [3.05, 3.63) is 0 Å². The van der Waals surface area contributed by atoms with Crippen molar-refractivity contribution in [3.63, 3.8) is 0 Å². The Kier molecular flexibility index (Phi) is 9.57. The van der Waals surface area contributed by atoms with E-state index in [9.17, 15) is 13.2 Å². The van der Waals surface area contributed by atoms with E-state index in [4.69, 9.17) is 5.11 Å². The van der Waals surface area contributed by atoms with Crippen molar-refractivity contribution in [2.24, 2.45) is 5.92 Å². The minimum atomic E-state index is -3.05. The van der Waals surface area contributed by atoms with E-state index in [0.717, 1.165) is 44.9 Å². The lowest BCUT2D eigenvalue weighted by Gasteiger charge is -2.60. The van der Waals surface area contributed by atoms with Gasteiger partial charge < -0.3 is 5.11 Å². The Bertz CT molecular complexity index is 529. The summed E-state index contributed by atoms with van der Waals surface area (Å²) in [5.41, 5.74) is 0. The summed E-state index contributed by atoms with van der Waals surface area (Å²) < 4.78 is 26.9. The molecule has 0 atom stereocenters. The van der Waals surface area contributed by atoms with Crippen LogP contribution in [-0.4, -0.2) is 30.8 Å². The van der Waals surface area contributed by atoms with Gasteiger partial charge in [0.1, 0.15) is 0 Å². The van der Waals surface area contributed by atoms with Gasteiger partial charge in [0, 0.05) is 13.0 Å². The summed E-state index contributed by atoms with van der Waals surface area (Å²) in [6, 6.07) is 0. The number of hydrogen-bond donors (Lipinski definition) is 2. The molecule has 3 saturated carbocycles. The second-order valence-corrected chi connectivity index (χ2v) is 11.0. The summed E-state index contributed by atoms with van der Waals surface area (Å²) in [7, 11) is -3.05. The molecular formula is C21H39NO4S. The third kappa shape index (κ3) is 7.37. The number of hydrogen-bond acceptors (Lipinski definition) is 3. The van der Waals surface area contributed by atoms with E-state index < -0.39 is 16.0 Å². The second-order valence-electron chi connectivity index (χ2n) is 8.80. The number of carboxylic acids is 1. The van der Waals surface area contributed by atoms with E-state index in [1.807, 2.05) is 0 Å². The highest BCUT2D eigenvalue weighted by molar-refractivity contribution is 7.91. The molecule has 6 heteroatoms. The van der Waals surface area contributed by atoms with Gasteiger partial charge in [-0.2, -0.15) is 0 Å². The zero-order valence-electron chi connectivity index (χ0n) is 16.9. The van der Waals surface area contributed by atoms with E-state index in [-0.39, 0.29) is 4.75 Å². The van der Waals surface area contributed by atoms with Crippen LogP contribution in [0.5, 0.6) is 0 Å². The number of sulfonamides is 1. The van der Waals surface area contributed by atoms with Crippen molar-refractivity contribution in [2.45, 2.75) is 114 Å². The van der Waals surface area contributed by atoms with Crippen molar-refractivity contribution >= 4 is 16.0 Å². The van der Waals surface area contributed by atoms with Gasteiger partial charge in [0.05, 0.1) is 4.75 Å². The number of nitrogens with one attached hydrogen (secondary N) is 1. The molecule has 0 spiro atoms. The molecule has 0 aromatic rings. The maximum Gasteiger partial charge on any atom is 0.303 e. The molecule has 0 aromatic carbocycles. The topological polar surface area (TPSA) is 83.5 Å². The van der Waals surface area contributed by atoms with Crippen molar-refractivity contribution in [3.8, 4) is 0 Å². The summed E-state index contributed by atoms with van der Waals surface area (Å²) in [6.07, 6.45) is 18.3. The number of rotatable bonds is 18. The second kappa shape index (κ2) is 11.4. The molecule has 3 aliphatic carbocycles. The molecule has 3 aliphatic rings. The van der Waals surface area contributed by atoms with Crippen LogP contribution < -0.4 is 4.72 Å². The summed E-state index contributed by atoms with van der Waals surface area (Å²) in [6.45, 7) is 0.612. The first kappa shape index (κ1) is 22.7. The Morgan fingerprint density at radius 2 is 1.19 bits per heavy atom. The van der Waals surface area contributed by atoms with Gasteiger partial charge in [-0.25, -0.2) is 13.1 Å². The highest BCUT2D eigenvalue weighted by Gasteiger charge is 2.64. The minimum Gasteiger partial charge on any atom is -0.481 e. The lowest BCUT2D eigenvalue weighted by molar-refractivity contribution is -0.137. The molecule has 3 fully saturated rings. The Balaban J connectivity index is 1.27. The van der Waals surface area contributed by atoms with Crippen LogP contribution >= 0.6 is 0 Å². The molecule has 0 amide bonds. The molecule has 0 aliphatic heterocycles. The van der Waals surface area contributed by atoms with Gasteiger partial charge >= 0.3 is 5.97 Å². The van der Waals surface area contributed by atoms with Crippen LogP contribution in [-0.2, 0) is 14.8 Å². The minimum absolute atomic E-state index is 0.313. The van der Waals surface area contributed by atoms with Gasteiger partial charge in [-0.15, -0.1) is 0 Å². The summed E-state index contributed by atoms with van der Waals surface area (Å²) in [5.74, 6) is 0.0199. The van der Waals surface area contributed by atoms with Gasteiger partial charge in [-0.05, 0) is 38.0 Å². The van der Waals surface area contributed by atoms with Crippen molar-refractivity contribution in [1.82, 2.24) is 4.72 Å². The third-order valence-corrected chi connectivity index (χ3v) is 8.64. The molecule has 158 valence electrons. The fraction of sp³-hybridized carbons (Fsp3) is 0.952. The summed E-state index contributed by atoms with van der Waals surface area (Å²) >= 11 is 0. The van der Waals surface area contributed by atoms with Crippen LogP contribution in [0.4, 0.5) is 0 Å². The average Bonchev–Trinajstić information content (AvgIpc) is 2.50. The van der Waals surface area contributed by atoms with Crippen LogP contribution in [0.2, 0.25) is 0 Å². The molecule has 0 radical (unpaired) electrons. The zero-order valence-corrected chi connectivity index (χ0v) is 17.7. The summed E-state index contributed by atoms with van der Waals surface area (Å²) in [5, 5.41) is 8.56. The van der Waals surface area contributed by atoms with Crippen LogP contribution in [0.15, 0.2) is 0 Å². The quantitative estimate of drug-likeness (QED) is 0.316. The molecule has 27 heavy (non-hydrogen) atoms. The van der Waals surface area contributed by atoms with Gasteiger partial charge in [-0.3, -0.25) is 4.79 Å². The first-order chi connectivity index (χ1) is 13.0. The predicted octanol–water partition coefficient (Wildman–Crippen LogP) is 5.00. The molecule has 3 rings (SSSR count). The van der Waals surface area contributed by atoms with E-state index in [0.29, 0.717) is 18.9 Å². The smallest absolute Gasteiger partial charge is 0.303 e. The molecule has 0 saturated heterocycles. The Hall–Kier alpha value is -0.620. The predicted molar refractivity (Wildman–Crippen MR) is 109 cm³/mol. The fourth-order valence-electron chi connectivity index (χ4n) is 4.43. The van der Waals surface area contributed by atoms with Gasteiger partial charge in [-0.1, -0.05) is 70.6 Å². The van der Waals surface area contributed by atoms with E-state index in [2.05, 4.69) is 4.72 Å². The largest absolute Gasteiger partial charge is 0.481 e. The highest BCUT2D eigenvalue weighted by atomic mass is 32.2. The fourth-order valence-corrected chi connectivity index (χ4v) is 6.52. The molecule has 2 N–H and O–H groups in total. The van der Waals surface area contributed by atoms with Crippen molar-refractivity contribution in [2.75, 3.05) is 6.54 Å². The van der Waals surface area contributed by atoms with Gasteiger partial charge in [0.25, 0.3) is 0 Å². The first-order valence-electron chi connectivity index (χ1n) is 11.2. The highest BCUT2D eigenvalue weighted by Crippen LogP contribution is 2.61. The Labute approximate surface area is 165 Å². The number of carbonyl (C=O) groups is 1. The van der Waals surface area contributed by atoms with Crippen molar-refractivity contribution in [1.29, 1.82) is 0 Å². The number of unbranched alkanes of at least 4 members (excludes halogenated alkanes) is 12. The molecule has 2 bridgehead atoms. The maximum atomic E-state index is 12.2. The van der Waals surface area contributed by atoms with Gasteiger partial charge in [0.15, 0.2) is 0 Å². The monoisotopic (exact) mass is 401 g/mol. The number of aliphatic carboxylic acids is 1. The van der Waals surface area contributed by atoms with Crippen LogP contribution in [0.25, 0.3) is 0 Å². The Morgan fingerprint density at radius 3 is 1.56 bits per heavy atom. The van der Waals surface area contributed by atoms with E-state index in [1.165, 1.54) is 57.8 Å². The van der Waals surface area contributed by atoms with E-state index in [1.54, 1.807) is 0 Å². The average molecular weight is 402 g/mol. The van der Waals surface area contributed by atoms with Crippen LogP contribution in [0.3, 0.4) is 0 Å². The Morgan fingerprint density at radius 1 is 0.778 bits per heavy atom. The lowest BCUT2D eigenvalue weighted by Crippen LogP contribution is -2.65. The zero-order chi connectivity index (χ0) is 19.6. The third-order valence-electron chi connectivity index (χ3n) is 6.41.